The van der Waals surface area contributed by atoms with Gasteiger partial charge in [0, 0.05) is 49.0 Å². The summed E-state index contributed by atoms with van der Waals surface area (Å²) in [4.78, 5) is 17.8. The van der Waals surface area contributed by atoms with E-state index in [4.69, 9.17) is 9.47 Å². The first-order chi connectivity index (χ1) is 14.3. The predicted octanol–water partition coefficient (Wildman–Crippen LogP) is 3.74. The van der Waals surface area contributed by atoms with E-state index in [1.165, 1.54) is 5.69 Å². The van der Waals surface area contributed by atoms with E-state index in [1.807, 2.05) is 12.1 Å². The van der Waals surface area contributed by atoms with Crippen LogP contribution in [0.1, 0.15) is 35.2 Å². The number of carbonyl (C=O) groups excluding carboxylic acids is 1. The molecule has 29 heavy (non-hydrogen) atoms. The van der Waals surface area contributed by atoms with Gasteiger partial charge < -0.3 is 19.3 Å². The van der Waals surface area contributed by atoms with Crippen LogP contribution in [0.5, 0.6) is 0 Å². The number of hydrogen-bond acceptors (Lipinski definition) is 5. The molecule has 1 unspecified atom stereocenters. The van der Waals surface area contributed by atoms with Crippen LogP contribution in [0.15, 0.2) is 48.5 Å². The third-order valence-electron chi connectivity index (χ3n) is 5.92. The Balaban J connectivity index is 1.46. The first kappa shape index (κ1) is 19.9. The average Bonchev–Trinajstić information content (AvgIpc) is 2.81. The maximum atomic E-state index is 13.2. The zero-order valence-electron chi connectivity index (χ0n) is 17.2. The van der Waals surface area contributed by atoms with E-state index in [2.05, 4.69) is 53.1 Å². The molecule has 0 amide bonds. The summed E-state index contributed by atoms with van der Waals surface area (Å²) < 4.78 is 10.9. The van der Waals surface area contributed by atoms with Gasteiger partial charge in [0.1, 0.15) is 0 Å². The molecule has 2 heterocycles. The van der Waals surface area contributed by atoms with Gasteiger partial charge in [-0.05, 0) is 48.4 Å². The van der Waals surface area contributed by atoms with Gasteiger partial charge in [0.25, 0.3) is 0 Å². The second-order valence-corrected chi connectivity index (χ2v) is 7.66. The molecule has 0 N–H and O–H groups in total. The van der Waals surface area contributed by atoms with Crippen molar-refractivity contribution < 1.29 is 14.3 Å². The van der Waals surface area contributed by atoms with Crippen molar-refractivity contribution in [2.45, 2.75) is 19.3 Å². The molecule has 0 saturated carbocycles. The van der Waals surface area contributed by atoms with Crippen LogP contribution < -0.4 is 9.80 Å². The van der Waals surface area contributed by atoms with Crippen LogP contribution >= 0.6 is 0 Å². The lowest BCUT2D eigenvalue weighted by Gasteiger charge is -2.29. The number of benzene rings is 2. The van der Waals surface area contributed by atoms with Crippen LogP contribution in [0.2, 0.25) is 0 Å². The minimum absolute atomic E-state index is 0.108. The zero-order chi connectivity index (χ0) is 20.1. The Kier molecular flexibility index (Phi) is 6.47. The van der Waals surface area contributed by atoms with E-state index < -0.39 is 0 Å². The minimum atomic E-state index is -0.108. The first-order valence-electron chi connectivity index (χ1n) is 10.7. The van der Waals surface area contributed by atoms with Gasteiger partial charge >= 0.3 is 0 Å². The van der Waals surface area contributed by atoms with Gasteiger partial charge in [-0.3, -0.25) is 4.79 Å². The molecule has 0 bridgehead atoms. The Morgan fingerprint density at radius 2 is 1.24 bits per heavy atom. The molecule has 154 valence electrons. The smallest absolute Gasteiger partial charge is 0.170 e. The molecule has 5 nitrogen and oxygen atoms in total. The van der Waals surface area contributed by atoms with E-state index in [1.54, 1.807) is 0 Å². The average molecular weight is 395 g/mol. The van der Waals surface area contributed by atoms with Crippen molar-refractivity contribution in [2.24, 2.45) is 0 Å². The first-order valence-corrected chi connectivity index (χ1v) is 10.7. The summed E-state index contributed by atoms with van der Waals surface area (Å²) in [6.45, 7) is 8.81. The molecule has 0 radical (unpaired) electrons. The number of carbonyl (C=O) groups is 1. The number of anilines is 2. The van der Waals surface area contributed by atoms with E-state index in [0.29, 0.717) is 0 Å². The molecule has 0 aliphatic carbocycles. The Morgan fingerprint density at radius 1 is 0.793 bits per heavy atom. The Hall–Kier alpha value is -2.37. The Labute approximate surface area is 173 Å². The lowest BCUT2D eigenvalue weighted by atomic mass is 9.88. The quantitative estimate of drug-likeness (QED) is 0.699. The van der Waals surface area contributed by atoms with E-state index in [0.717, 1.165) is 75.8 Å². The summed E-state index contributed by atoms with van der Waals surface area (Å²) in [5, 5.41) is 0. The summed E-state index contributed by atoms with van der Waals surface area (Å²) in [5.74, 6) is 0.0862. The molecule has 0 spiro atoms. The van der Waals surface area contributed by atoms with Gasteiger partial charge in [-0.2, -0.15) is 0 Å². The third kappa shape index (κ3) is 4.62. The monoisotopic (exact) mass is 394 g/mol. The number of ether oxygens (including phenoxy) is 2. The lowest BCUT2D eigenvalue weighted by Crippen LogP contribution is -2.36. The van der Waals surface area contributed by atoms with Crippen molar-refractivity contribution in [2.75, 3.05) is 62.4 Å². The molecule has 2 aromatic carbocycles. The summed E-state index contributed by atoms with van der Waals surface area (Å²) in [5.41, 5.74) is 4.24. The molecule has 2 saturated heterocycles. The molecule has 2 aliphatic heterocycles. The molecule has 5 heteroatoms. The normalized spacial score (nSPS) is 18.5. The highest BCUT2D eigenvalue weighted by Gasteiger charge is 2.21. The van der Waals surface area contributed by atoms with Gasteiger partial charge in [-0.25, -0.2) is 0 Å². The van der Waals surface area contributed by atoms with Gasteiger partial charge in [0.15, 0.2) is 5.78 Å². The van der Waals surface area contributed by atoms with Crippen LogP contribution in [0.25, 0.3) is 0 Å². The number of nitrogens with zero attached hydrogens (tertiary/aromatic N) is 2. The van der Waals surface area contributed by atoms with Crippen molar-refractivity contribution in [1.82, 2.24) is 0 Å². The molecule has 2 fully saturated rings. The van der Waals surface area contributed by atoms with E-state index in [-0.39, 0.29) is 11.7 Å². The number of Topliss-reactive ketones (excluding diaryl/α,β-unsaturated/α-hetero) is 1. The Bertz CT molecular complexity index is 792. The maximum Gasteiger partial charge on any atom is 0.170 e. The third-order valence-corrected chi connectivity index (χ3v) is 5.92. The highest BCUT2D eigenvalue weighted by atomic mass is 16.5. The molecular weight excluding hydrogens is 364 g/mol. The number of ketones is 1. The highest BCUT2D eigenvalue weighted by Crippen LogP contribution is 2.28. The highest BCUT2D eigenvalue weighted by molar-refractivity contribution is 6.01. The van der Waals surface area contributed by atoms with Crippen molar-refractivity contribution >= 4 is 17.2 Å². The maximum absolute atomic E-state index is 13.2. The second kappa shape index (κ2) is 9.42. The van der Waals surface area contributed by atoms with Gasteiger partial charge in [-0.15, -0.1) is 0 Å². The predicted molar refractivity (Wildman–Crippen MR) is 116 cm³/mol. The van der Waals surface area contributed by atoms with Gasteiger partial charge in [0.05, 0.1) is 26.4 Å². The second-order valence-electron chi connectivity index (χ2n) is 7.66. The molecule has 2 aliphatic rings. The molecule has 1 atom stereocenters. The minimum Gasteiger partial charge on any atom is -0.378 e. The van der Waals surface area contributed by atoms with Crippen molar-refractivity contribution in [1.29, 1.82) is 0 Å². The van der Waals surface area contributed by atoms with Crippen LogP contribution in [0.4, 0.5) is 11.4 Å². The number of hydrogen-bond donors (Lipinski definition) is 0. The molecular formula is C24H30N2O3. The van der Waals surface area contributed by atoms with Crippen molar-refractivity contribution in [3.8, 4) is 0 Å². The molecule has 4 rings (SSSR count). The largest absolute Gasteiger partial charge is 0.378 e. The van der Waals surface area contributed by atoms with Crippen LogP contribution in [-0.4, -0.2) is 58.4 Å². The number of rotatable bonds is 6. The van der Waals surface area contributed by atoms with Gasteiger partial charge in [-0.1, -0.05) is 19.1 Å². The fraction of sp³-hybridized carbons (Fsp3) is 0.458. The summed E-state index contributed by atoms with van der Waals surface area (Å²) in [6, 6.07) is 16.6. The summed E-state index contributed by atoms with van der Waals surface area (Å²) in [6.07, 6.45) is 0.793. The van der Waals surface area contributed by atoms with Crippen LogP contribution in [0.3, 0.4) is 0 Å². The standard InChI is InChI=1S/C24H30N2O3/c1-2-23(19-3-7-21(8-4-19)25-11-15-28-16-12-25)24(27)20-5-9-22(10-6-20)26-13-17-29-18-14-26/h3-10,23H,2,11-18H2,1H3. The molecule has 2 aromatic rings. The van der Waals surface area contributed by atoms with Crippen LogP contribution in [-0.2, 0) is 9.47 Å². The topological polar surface area (TPSA) is 42.0 Å². The van der Waals surface area contributed by atoms with E-state index >= 15 is 0 Å². The fourth-order valence-corrected chi connectivity index (χ4v) is 4.17. The Morgan fingerprint density at radius 3 is 1.69 bits per heavy atom. The number of morpholine rings is 2. The van der Waals surface area contributed by atoms with Crippen molar-refractivity contribution in [3.05, 3.63) is 59.7 Å². The van der Waals surface area contributed by atoms with Gasteiger partial charge in [0.2, 0.25) is 0 Å². The molecule has 0 aromatic heterocycles. The van der Waals surface area contributed by atoms with Crippen molar-refractivity contribution in [3.63, 3.8) is 0 Å². The van der Waals surface area contributed by atoms with E-state index in [9.17, 15) is 4.79 Å². The van der Waals surface area contributed by atoms with Crippen LogP contribution in [0, 0.1) is 0 Å². The SMILES string of the molecule is CCC(C(=O)c1ccc(N2CCOCC2)cc1)c1ccc(N2CCOCC2)cc1. The summed E-state index contributed by atoms with van der Waals surface area (Å²) in [7, 11) is 0. The lowest BCUT2D eigenvalue weighted by molar-refractivity contribution is 0.0957. The zero-order valence-corrected chi connectivity index (χ0v) is 17.2. The fourth-order valence-electron chi connectivity index (χ4n) is 4.17. The summed E-state index contributed by atoms with van der Waals surface area (Å²) >= 11 is 0.